The number of nitrogens with one attached hydrogen (secondary N) is 2. The SMILES string of the molecule is CCN1C(=O)[C@@H](NC(=O)c2cccc(C(F)(F)F)c2)[C@@H](c2ccc(F)cc2)c2c(C(=O)N3CCNC[C@H]3C#N)nn(-c3ccccc3)c21. The Morgan fingerprint density at radius 3 is 2.46 bits per heavy atom. The van der Waals surface area contributed by atoms with Crippen molar-refractivity contribution in [2.75, 3.05) is 31.1 Å². The minimum atomic E-state index is -4.71. The highest BCUT2D eigenvalue weighted by molar-refractivity contribution is 6.07. The average Bonchev–Trinajstić information content (AvgIpc) is 3.48. The molecule has 3 heterocycles. The number of anilines is 1. The van der Waals surface area contributed by atoms with Crippen molar-refractivity contribution in [3.63, 3.8) is 0 Å². The van der Waals surface area contributed by atoms with E-state index in [4.69, 9.17) is 5.10 Å². The zero-order chi connectivity index (χ0) is 34.2. The Labute approximate surface area is 272 Å². The summed E-state index contributed by atoms with van der Waals surface area (Å²) >= 11 is 0. The van der Waals surface area contributed by atoms with E-state index in [9.17, 15) is 37.2 Å². The molecule has 1 saturated heterocycles. The number of rotatable bonds is 6. The highest BCUT2D eigenvalue weighted by atomic mass is 19.4. The van der Waals surface area contributed by atoms with E-state index in [1.54, 1.807) is 37.3 Å². The molecule has 1 fully saturated rings. The van der Waals surface area contributed by atoms with Crippen molar-refractivity contribution in [1.29, 1.82) is 5.26 Å². The largest absolute Gasteiger partial charge is 0.416 e. The van der Waals surface area contributed by atoms with E-state index in [1.165, 1.54) is 44.8 Å². The predicted molar refractivity (Wildman–Crippen MR) is 166 cm³/mol. The zero-order valence-corrected chi connectivity index (χ0v) is 25.5. The Kier molecular flexibility index (Phi) is 8.72. The Bertz CT molecular complexity index is 1900. The van der Waals surface area contributed by atoms with Gasteiger partial charge < -0.3 is 15.5 Å². The van der Waals surface area contributed by atoms with Gasteiger partial charge in [-0.25, -0.2) is 9.07 Å². The first-order valence-corrected chi connectivity index (χ1v) is 15.2. The van der Waals surface area contributed by atoms with Gasteiger partial charge in [0.05, 0.1) is 17.3 Å². The highest BCUT2D eigenvalue weighted by Crippen LogP contribution is 2.44. The maximum absolute atomic E-state index is 14.4. The van der Waals surface area contributed by atoms with E-state index in [0.29, 0.717) is 23.9 Å². The summed E-state index contributed by atoms with van der Waals surface area (Å²) in [6, 6.07) is 17.6. The van der Waals surface area contributed by atoms with Crippen LogP contribution in [0.15, 0.2) is 78.9 Å². The van der Waals surface area contributed by atoms with Gasteiger partial charge >= 0.3 is 6.18 Å². The van der Waals surface area contributed by atoms with Gasteiger partial charge in [-0.2, -0.15) is 23.5 Å². The third kappa shape index (κ3) is 5.88. The molecule has 2 aliphatic rings. The monoisotopic (exact) mass is 659 g/mol. The van der Waals surface area contributed by atoms with Crippen LogP contribution in [-0.2, 0) is 11.0 Å². The Morgan fingerprint density at radius 1 is 1.06 bits per heavy atom. The van der Waals surface area contributed by atoms with Crippen LogP contribution in [0.1, 0.15) is 50.4 Å². The lowest BCUT2D eigenvalue weighted by Crippen LogP contribution is -2.56. The van der Waals surface area contributed by atoms with Gasteiger partial charge in [0, 0.05) is 43.2 Å². The number of carbonyl (C=O) groups is 3. The molecule has 3 atom stereocenters. The lowest BCUT2D eigenvalue weighted by atomic mass is 9.80. The molecule has 3 amide bonds. The van der Waals surface area contributed by atoms with Gasteiger partial charge in [-0.1, -0.05) is 36.4 Å². The van der Waals surface area contributed by atoms with Crippen molar-refractivity contribution in [3.8, 4) is 11.8 Å². The summed E-state index contributed by atoms with van der Waals surface area (Å²) in [4.78, 5) is 45.1. The standard InChI is InChI=1S/C34H29F4N7O3/c1-2-43-31-27(29(42-45(31)24-9-4-3-5-10-24)33(48)44-16-15-40-19-25(44)18-39)26(20-11-13-23(35)14-12-20)28(32(43)47)41-30(46)21-7-6-8-22(17-21)34(36,37)38/h3-14,17,25-26,28,40H,2,15-16,19H2,1H3,(H,41,46)/t25-,26+,28+/m1/s1. The zero-order valence-electron chi connectivity index (χ0n) is 25.5. The number of carbonyl (C=O) groups excluding carboxylic acids is 3. The maximum Gasteiger partial charge on any atom is 0.416 e. The Morgan fingerprint density at radius 2 is 1.79 bits per heavy atom. The van der Waals surface area contributed by atoms with E-state index in [1.807, 2.05) is 0 Å². The summed E-state index contributed by atoms with van der Waals surface area (Å²) in [6.07, 6.45) is -4.71. The highest BCUT2D eigenvalue weighted by Gasteiger charge is 2.48. The summed E-state index contributed by atoms with van der Waals surface area (Å²) in [5.74, 6) is -3.64. The number of benzene rings is 3. The first kappa shape index (κ1) is 32.4. The second kappa shape index (κ2) is 12.9. The van der Waals surface area contributed by atoms with Crippen molar-refractivity contribution < 1.29 is 31.9 Å². The minimum absolute atomic E-state index is 0.0680. The van der Waals surface area contributed by atoms with Crippen molar-refractivity contribution in [3.05, 3.63) is 113 Å². The average molecular weight is 660 g/mol. The van der Waals surface area contributed by atoms with Crippen LogP contribution in [0.2, 0.25) is 0 Å². The van der Waals surface area contributed by atoms with Crippen molar-refractivity contribution in [2.45, 2.75) is 31.1 Å². The summed E-state index contributed by atoms with van der Waals surface area (Å²) in [6.45, 7) is 2.59. The molecule has 3 aromatic carbocycles. The number of nitrogens with zero attached hydrogens (tertiary/aromatic N) is 5. The second-order valence-corrected chi connectivity index (χ2v) is 11.3. The number of nitriles is 1. The van der Waals surface area contributed by atoms with Gasteiger partial charge in [0.1, 0.15) is 23.7 Å². The molecule has 2 aliphatic heterocycles. The molecule has 0 spiro atoms. The van der Waals surface area contributed by atoms with E-state index >= 15 is 0 Å². The number of hydrogen-bond acceptors (Lipinski definition) is 6. The molecule has 1 aromatic heterocycles. The van der Waals surface area contributed by atoms with Crippen LogP contribution in [0.4, 0.5) is 23.4 Å². The number of likely N-dealkylation sites (N-methyl/N-ethyl adjacent to an activating group) is 1. The number of halogens is 4. The second-order valence-electron chi connectivity index (χ2n) is 11.3. The Hall–Kier alpha value is -5.55. The number of alkyl halides is 3. The molecule has 0 bridgehead atoms. The van der Waals surface area contributed by atoms with Gasteiger partial charge in [-0.3, -0.25) is 19.3 Å². The van der Waals surface area contributed by atoms with Crippen LogP contribution in [-0.4, -0.2) is 70.7 Å². The van der Waals surface area contributed by atoms with Crippen LogP contribution < -0.4 is 15.5 Å². The van der Waals surface area contributed by atoms with Gasteiger partial charge in [-0.05, 0) is 55.0 Å². The van der Waals surface area contributed by atoms with E-state index in [2.05, 4.69) is 16.7 Å². The molecule has 6 rings (SSSR count). The molecule has 0 aliphatic carbocycles. The molecule has 10 nitrogen and oxygen atoms in total. The molecular formula is C34H29F4N7O3. The quantitative estimate of drug-likeness (QED) is 0.298. The Balaban J connectivity index is 1.57. The minimum Gasteiger partial charge on any atom is -0.339 e. The first-order valence-electron chi connectivity index (χ1n) is 15.2. The third-order valence-corrected chi connectivity index (χ3v) is 8.47. The van der Waals surface area contributed by atoms with Crippen LogP contribution in [0.25, 0.3) is 5.69 Å². The lowest BCUT2D eigenvalue weighted by Gasteiger charge is -2.39. The summed E-state index contributed by atoms with van der Waals surface area (Å²) in [7, 11) is 0. The topological polar surface area (TPSA) is 123 Å². The van der Waals surface area contributed by atoms with Crippen LogP contribution >= 0.6 is 0 Å². The molecule has 4 aromatic rings. The molecule has 246 valence electrons. The predicted octanol–water partition coefficient (Wildman–Crippen LogP) is 4.26. The summed E-state index contributed by atoms with van der Waals surface area (Å²) in [5, 5.41) is 20.3. The van der Waals surface area contributed by atoms with Gasteiger partial charge in [-0.15, -0.1) is 0 Å². The van der Waals surface area contributed by atoms with Crippen molar-refractivity contribution in [2.24, 2.45) is 0 Å². The molecule has 0 unspecified atom stereocenters. The third-order valence-electron chi connectivity index (χ3n) is 8.47. The number of aromatic nitrogens is 2. The summed E-state index contributed by atoms with van der Waals surface area (Å²) in [5.41, 5.74) is -0.373. The first-order chi connectivity index (χ1) is 23.0. The number of hydrogen-bond donors (Lipinski definition) is 2. The molecule has 14 heteroatoms. The lowest BCUT2D eigenvalue weighted by molar-refractivity contribution is -0.137. The number of fused-ring (bicyclic) bond motifs is 1. The number of para-hydroxylation sites is 1. The molecule has 0 radical (unpaired) electrons. The number of amides is 3. The van der Waals surface area contributed by atoms with E-state index in [0.717, 1.165) is 12.1 Å². The van der Waals surface area contributed by atoms with Gasteiger partial charge in [0.2, 0.25) is 0 Å². The summed E-state index contributed by atoms with van der Waals surface area (Å²) < 4.78 is 56.2. The van der Waals surface area contributed by atoms with E-state index in [-0.39, 0.29) is 42.3 Å². The fraction of sp³-hybridized carbons (Fsp3) is 0.265. The molecule has 48 heavy (non-hydrogen) atoms. The molecule has 2 N–H and O–H groups in total. The van der Waals surface area contributed by atoms with Crippen molar-refractivity contribution in [1.82, 2.24) is 25.3 Å². The normalized spacial score (nSPS) is 19.4. The van der Waals surface area contributed by atoms with Gasteiger partial charge in [0.15, 0.2) is 5.69 Å². The number of piperazine rings is 1. The van der Waals surface area contributed by atoms with Crippen LogP contribution in [0.3, 0.4) is 0 Å². The van der Waals surface area contributed by atoms with Crippen LogP contribution in [0.5, 0.6) is 0 Å². The molecule has 0 saturated carbocycles. The maximum atomic E-state index is 14.4. The van der Waals surface area contributed by atoms with Crippen molar-refractivity contribution >= 4 is 23.5 Å². The van der Waals surface area contributed by atoms with E-state index < -0.39 is 53.3 Å². The fourth-order valence-electron chi connectivity index (χ4n) is 6.20. The smallest absolute Gasteiger partial charge is 0.339 e. The molecular weight excluding hydrogens is 630 g/mol. The fourth-order valence-corrected chi connectivity index (χ4v) is 6.20. The van der Waals surface area contributed by atoms with Gasteiger partial charge in [0.25, 0.3) is 17.7 Å². The van der Waals surface area contributed by atoms with Crippen LogP contribution in [0, 0.1) is 17.1 Å².